The first-order chi connectivity index (χ1) is 7.59. The van der Waals surface area contributed by atoms with Crippen molar-refractivity contribution in [3.05, 3.63) is 21.9 Å². The van der Waals surface area contributed by atoms with Crippen molar-refractivity contribution >= 4 is 11.3 Å². The molecule has 0 saturated carbocycles. The Labute approximate surface area is 104 Å². The van der Waals surface area contributed by atoms with Crippen LogP contribution in [0.25, 0.3) is 0 Å². The minimum absolute atomic E-state index is 0.741. The van der Waals surface area contributed by atoms with Gasteiger partial charge in [-0.25, -0.2) is 0 Å². The SMILES string of the molecule is Cc1ccsc1CN(C)CCNCC(C)C. The fraction of sp³-hybridized carbons (Fsp3) is 0.692. The fourth-order valence-electron chi connectivity index (χ4n) is 1.55. The van der Waals surface area contributed by atoms with Crippen molar-refractivity contribution in [2.45, 2.75) is 27.3 Å². The van der Waals surface area contributed by atoms with E-state index in [1.165, 1.54) is 10.4 Å². The first-order valence-electron chi connectivity index (χ1n) is 6.02. The van der Waals surface area contributed by atoms with E-state index in [4.69, 9.17) is 0 Å². The van der Waals surface area contributed by atoms with E-state index < -0.39 is 0 Å². The topological polar surface area (TPSA) is 15.3 Å². The first kappa shape index (κ1) is 13.7. The molecule has 0 radical (unpaired) electrons. The van der Waals surface area contributed by atoms with E-state index in [1.807, 2.05) is 11.3 Å². The molecule has 0 amide bonds. The summed E-state index contributed by atoms with van der Waals surface area (Å²) in [5, 5.41) is 5.65. The molecule has 2 nitrogen and oxygen atoms in total. The molecule has 0 saturated heterocycles. The smallest absolute Gasteiger partial charge is 0.0328 e. The van der Waals surface area contributed by atoms with Gasteiger partial charge in [-0.15, -0.1) is 11.3 Å². The Balaban J connectivity index is 2.16. The highest BCUT2D eigenvalue weighted by Gasteiger charge is 2.04. The Morgan fingerprint density at radius 3 is 2.75 bits per heavy atom. The average molecular weight is 240 g/mol. The van der Waals surface area contributed by atoms with Crippen LogP contribution in [0, 0.1) is 12.8 Å². The third kappa shape index (κ3) is 5.10. The predicted octanol–water partition coefficient (Wildman–Crippen LogP) is 2.73. The maximum atomic E-state index is 3.47. The van der Waals surface area contributed by atoms with Gasteiger partial charge in [-0.3, -0.25) is 0 Å². The van der Waals surface area contributed by atoms with Gasteiger partial charge < -0.3 is 10.2 Å². The standard InChI is InChI=1S/C13H24N2S/c1-11(2)9-14-6-7-15(4)10-13-12(3)5-8-16-13/h5,8,11,14H,6-7,9-10H2,1-4H3. The second-order valence-corrected chi connectivity index (χ2v) is 5.86. The molecule has 1 aromatic rings. The largest absolute Gasteiger partial charge is 0.315 e. The lowest BCUT2D eigenvalue weighted by Gasteiger charge is -2.17. The lowest BCUT2D eigenvalue weighted by molar-refractivity contribution is 0.324. The number of aryl methyl sites for hydroxylation is 1. The van der Waals surface area contributed by atoms with Crippen molar-refractivity contribution in [3.63, 3.8) is 0 Å². The van der Waals surface area contributed by atoms with Crippen LogP contribution in [0.1, 0.15) is 24.3 Å². The molecule has 1 aromatic heterocycles. The van der Waals surface area contributed by atoms with E-state index in [-0.39, 0.29) is 0 Å². The van der Waals surface area contributed by atoms with Crippen LogP contribution in [-0.4, -0.2) is 31.6 Å². The molecule has 92 valence electrons. The van der Waals surface area contributed by atoms with Crippen molar-refractivity contribution in [2.24, 2.45) is 5.92 Å². The number of likely N-dealkylation sites (N-methyl/N-ethyl adjacent to an activating group) is 1. The highest BCUT2D eigenvalue weighted by atomic mass is 32.1. The van der Waals surface area contributed by atoms with E-state index in [9.17, 15) is 0 Å². The predicted molar refractivity (Wildman–Crippen MR) is 73.1 cm³/mol. The van der Waals surface area contributed by atoms with Crippen molar-refractivity contribution in [2.75, 3.05) is 26.7 Å². The highest BCUT2D eigenvalue weighted by molar-refractivity contribution is 7.10. The van der Waals surface area contributed by atoms with Crippen LogP contribution in [0.4, 0.5) is 0 Å². The summed E-state index contributed by atoms with van der Waals surface area (Å²) in [7, 11) is 2.19. The first-order valence-corrected chi connectivity index (χ1v) is 6.89. The Hall–Kier alpha value is -0.380. The van der Waals surface area contributed by atoms with Crippen LogP contribution in [0.2, 0.25) is 0 Å². The molecular weight excluding hydrogens is 216 g/mol. The summed E-state index contributed by atoms with van der Waals surface area (Å²) in [6.07, 6.45) is 0. The van der Waals surface area contributed by atoms with Crippen molar-refractivity contribution < 1.29 is 0 Å². The van der Waals surface area contributed by atoms with Crippen LogP contribution in [0.3, 0.4) is 0 Å². The van der Waals surface area contributed by atoms with Crippen molar-refractivity contribution in [1.82, 2.24) is 10.2 Å². The lowest BCUT2D eigenvalue weighted by atomic mass is 10.2. The van der Waals surface area contributed by atoms with Gasteiger partial charge >= 0.3 is 0 Å². The van der Waals surface area contributed by atoms with E-state index in [2.05, 4.69) is 49.5 Å². The molecule has 0 bridgehead atoms. The zero-order chi connectivity index (χ0) is 12.0. The normalized spacial score (nSPS) is 11.6. The molecule has 0 aliphatic rings. The maximum absolute atomic E-state index is 3.47. The van der Waals surface area contributed by atoms with Gasteiger partial charge in [-0.1, -0.05) is 13.8 Å². The molecule has 16 heavy (non-hydrogen) atoms. The maximum Gasteiger partial charge on any atom is 0.0328 e. The summed E-state index contributed by atoms with van der Waals surface area (Å²) >= 11 is 1.86. The van der Waals surface area contributed by atoms with Crippen LogP contribution in [-0.2, 0) is 6.54 Å². The summed E-state index contributed by atoms with van der Waals surface area (Å²) in [5.41, 5.74) is 1.42. The fourth-order valence-corrected chi connectivity index (χ4v) is 2.54. The van der Waals surface area contributed by atoms with Crippen LogP contribution in [0.5, 0.6) is 0 Å². The van der Waals surface area contributed by atoms with Crippen LogP contribution in [0.15, 0.2) is 11.4 Å². The zero-order valence-electron chi connectivity index (χ0n) is 10.9. The number of nitrogens with zero attached hydrogens (tertiary/aromatic N) is 1. The number of nitrogens with one attached hydrogen (secondary N) is 1. The van der Waals surface area contributed by atoms with Gasteiger partial charge in [-0.2, -0.15) is 0 Å². The quantitative estimate of drug-likeness (QED) is 0.737. The van der Waals surface area contributed by atoms with Gasteiger partial charge in [0.15, 0.2) is 0 Å². The molecule has 0 aromatic carbocycles. The number of rotatable bonds is 7. The minimum Gasteiger partial charge on any atom is -0.315 e. The Morgan fingerprint density at radius 2 is 2.19 bits per heavy atom. The summed E-state index contributed by atoms with van der Waals surface area (Å²) in [6, 6.07) is 2.20. The molecule has 0 spiro atoms. The second kappa shape index (κ2) is 7.05. The van der Waals surface area contributed by atoms with Gasteiger partial charge in [0.05, 0.1) is 0 Å². The van der Waals surface area contributed by atoms with Crippen LogP contribution < -0.4 is 5.32 Å². The molecule has 1 rings (SSSR count). The van der Waals surface area contributed by atoms with Gasteiger partial charge in [0.1, 0.15) is 0 Å². The molecule has 1 heterocycles. The molecule has 0 aliphatic carbocycles. The number of thiophene rings is 1. The van der Waals surface area contributed by atoms with Gasteiger partial charge in [0.25, 0.3) is 0 Å². The molecular formula is C13H24N2S. The monoisotopic (exact) mass is 240 g/mol. The van der Waals surface area contributed by atoms with Gasteiger partial charge in [-0.05, 0) is 43.4 Å². The highest BCUT2D eigenvalue weighted by Crippen LogP contribution is 2.16. The number of hydrogen-bond acceptors (Lipinski definition) is 3. The molecule has 1 N–H and O–H groups in total. The van der Waals surface area contributed by atoms with E-state index >= 15 is 0 Å². The third-order valence-electron chi connectivity index (χ3n) is 2.60. The average Bonchev–Trinajstić information content (AvgIpc) is 2.59. The lowest BCUT2D eigenvalue weighted by Crippen LogP contribution is -2.30. The van der Waals surface area contributed by atoms with Gasteiger partial charge in [0.2, 0.25) is 0 Å². The summed E-state index contributed by atoms with van der Waals surface area (Å²) in [5.74, 6) is 0.741. The zero-order valence-corrected chi connectivity index (χ0v) is 11.7. The Bertz CT molecular complexity index is 294. The van der Waals surface area contributed by atoms with E-state index in [1.54, 1.807) is 0 Å². The number of hydrogen-bond donors (Lipinski definition) is 1. The summed E-state index contributed by atoms with van der Waals surface area (Å²) < 4.78 is 0. The minimum atomic E-state index is 0.741. The summed E-state index contributed by atoms with van der Waals surface area (Å²) in [6.45, 7) is 11.1. The van der Waals surface area contributed by atoms with Gasteiger partial charge in [0, 0.05) is 24.5 Å². The van der Waals surface area contributed by atoms with E-state index in [0.29, 0.717) is 0 Å². The molecule has 0 fully saturated rings. The van der Waals surface area contributed by atoms with E-state index in [0.717, 1.165) is 32.1 Å². The molecule has 0 unspecified atom stereocenters. The Kier molecular flexibility index (Phi) is 6.03. The summed E-state index contributed by atoms with van der Waals surface area (Å²) in [4.78, 5) is 3.87. The second-order valence-electron chi connectivity index (χ2n) is 4.86. The van der Waals surface area contributed by atoms with Crippen LogP contribution >= 0.6 is 11.3 Å². The third-order valence-corrected chi connectivity index (χ3v) is 3.61. The molecule has 0 atom stereocenters. The van der Waals surface area contributed by atoms with Crippen molar-refractivity contribution in [3.8, 4) is 0 Å². The Morgan fingerprint density at radius 1 is 1.44 bits per heavy atom. The van der Waals surface area contributed by atoms with Crippen molar-refractivity contribution in [1.29, 1.82) is 0 Å². The molecule has 3 heteroatoms. The molecule has 0 aliphatic heterocycles.